The van der Waals surface area contributed by atoms with Gasteiger partial charge in [0.15, 0.2) is 5.82 Å². The molecule has 1 atom stereocenters. The summed E-state index contributed by atoms with van der Waals surface area (Å²) in [5, 5.41) is 5.31. The van der Waals surface area contributed by atoms with E-state index in [9.17, 15) is 4.79 Å². The fourth-order valence-electron chi connectivity index (χ4n) is 3.85. The van der Waals surface area contributed by atoms with Gasteiger partial charge in [-0.1, -0.05) is 23.4 Å². The highest BCUT2D eigenvalue weighted by molar-refractivity contribution is 5.84. The molecule has 2 aliphatic rings. The Morgan fingerprint density at radius 2 is 2.12 bits per heavy atom. The number of likely N-dealkylation sites (tertiary alicyclic amines) is 1. The number of benzene rings is 1. The van der Waals surface area contributed by atoms with Crippen LogP contribution in [0.25, 0.3) is 10.9 Å². The topological polar surface area (TPSA) is 75.0 Å². The first-order valence-corrected chi connectivity index (χ1v) is 9.44. The summed E-state index contributed by atoms with van der Waals surface area (Å²) in [5.74, 6) is 2.46. The molecule has 1 amide bonds. The lowest BCUT2D eigenvalue weighted by Gasteiger charge is -2.15. The molecule has 3 aromatic rings. The molecule has 1 aliphatic heterocycles. The minimum Gasteiger partial charge on any atom is -0.361 e. The predicted molar refractivity (Wildman–Crippen MR) is 96.8 cm³/mol. The van der Waals surface area contributed by atoms with Gasteiger partial charge in [-0.05, 0) is 37.3 Å². The van der Waals surface area contributed by atoms with Crippen LogP contribution >= 0.6 is 0 Å². The number of carbonyl (C=O) groups excluding carboxylic acids is 1. The van der Waals surface area contributed by atoms with E-state index in [1.54, 1.807) is 0 Å². The molecule has 0 radical (unpaired) electrons. The Morgan fingerprint density at radius 1 is 1.23 bits per heavy atom. The summed E-state index contributed by atoms with van der Waals surface area (Å²) in [4.78, 5) is 22.4. The van der Waals surface area contributed by atoms with Crippen molar-refractivity contribution in [2.75, 3.05) is 13.1 Å². The number of H-pyrrole nitrogens is 1. The maximum absolute atomic E-state index is 12.6. The molecule has 1 aromatic carbocycles. The maximum atomic E-state index is 12.6. The number of carbonyl (C=O) groups is 1. The quantitative estimate of drug-likeness (QED) is 0.765. The molecule has 134 valence electrons. The highest BCUT2D eigenvalue weighted by Gasteiger charge is 2.34. The van der Waals surface area contributed by atoms with Crippen molar-refractivity contribution in [2.45, 2.75) is 43.9 Å². The van der Waals surface area contributed by atoms with E-state index in [1.165, 1.54) is 23.8 Å². The van der Waals surface area contributed by atoms with Crippen LogP contribution in [0.5, 0.6) is 0 Å². The zero-order valence-corrected chi connectivity index (χ0v) is 14.6. The number of nitrogens with one attached hydrogen (secondary N) is 1. The lowest BCUT2D eigenvalue weighted by Crippen LogP contribution is -2.28. The molecule has 2 aromatic heterocycles. The summed E-state index contributed by atoms with van der Waals surface area (Å²) < 4.78 is 5.44. The number of fused-ring (bicyclic) bond motifs is 1. The second-order valence-corrected chi connectivity index (χ2v) is 7.45. The summed E-state index contributed by atoms with van der Waals surface area (Å²) in [5.41, 5.74) is 2.33. The number of para-hydroxylation sites is 1. The van der Waals surface area contributed by atoms with Gasteiger partial charge in [0.25, 0.3) is 0 Å². The number of nitrogens with zero attached hydrogens (tertiary/aromatic N) is 3. The number of rotatable bonds is 5. The van der Waals surface area contributed by atoms with E-state index in [0.717, 1.165) is 30.7 Å². The third-order valence-electron chi connectivity index (χ3n) is 5.57. The lowest BCUT2D eigenvalue weighted by molar-refractivity contribution is -0.130. The van der Waals surface area contributed by atoms with Crippen LogP contribution in [0.3, 0.4) is 0 Å². The zero-order valence-electron chi connectivity index (χ0n) is 14.6. The van der Waals surface area contributed by atoms with E-state index in [1.807, 2.05) is 23.2 Å². The molecular weight excluding hydrogens is 328 g/mol. The summed E-state index contributed by atoms with van der Waals surface area (Å²) in [7, 11) is 0. The third-order valence-corrected chi connectivity index (χ3v) is 5.57. The molecule has 1 unspecified atom stereocenters. The Labute approximate surface area is 151 Å². The van der Waals surface area contributed by atoms with Crippen LogP contribution in [0, 0.1) is 0 Å². The van der Waals surface area contributed by atoms with Crippen molar-refractivity contribution in [1.29, 1.82) is 0 Å². The van der Waals surface area contributed by atoms with Gasteiger partial charge in [0.05, 0.1) is 5.92 Å². The standard InChI is InChI=1S/C20H22N4O2/c25-18(8-7-14-11-21-17-4-2-1-3-16(14)17)24-10-9-15(12-24)20-22-19(23-26-20)13-5-6-13/h1-4,11,13,15,21H,5-10,12H2. The van der Waals surface area contributed by atoms with Gasteiger partial charge < -0.3 is 14.4 Å². The van der Waals surface area contributed by atoms with Crippen molar-refractivity contribution in [1.82, 2.24) is 20.0 Å². The van der Waals surface area contributed by atoms with Crippen molar-refractivity contribution >= 4 is 16.8 Å². The van der Waals surface area contributed by atoms with E-state index in [-0.39, 0.29) is 11.8 Å². The SMILES string of the molecule is O=C(CCc1c[nH]c2ccccc12)N1CCC(c2nc(C3CC3)no2)C1. The summed E-state index contributed by atoms with van der Waals surface area (Å²) in [6, 6.07) is 8.22. The molecule has 26 heavy (non-hydrogen) atoms. The fraction of sp³-hybridized carbons (Fsp3) is 0.450. The van der Waals surface area contributed by atoms with Crippen molar-refractivity contribution in [2.24, 2.45) is 0 Å². The summed E-state index contributed by atoms with van der Waals surface area (Å²) >= 11 is 0. The number of aromatic amines is 1. The smallest absolute Gasteiger partial charge is 0.231 e. The number of hydrogen-bond donors (Lipinski definition) is 1. The van der Waals surface area contributed by atoms with Gasteiger partial charge in [0.2, 0.25) is 11.8 Å². The van der Waals surface area contributed by atoms with Crippen LogP contribution in [-0.4, -0.2) is 39.0 Å². The van der Waals surface area contributed by atoms with Gasteiger partial charge in [-0.3, -0.25) is 4.79 Å². The fourth-order valence-corrected chi connectivity index (χ4v) is 3.85. The summed E-state index contributed by atoms with van der Waals surface area (Å²) in [6.07, 6.45) is 6.56. The van der Waals surface area contributed by atoms with Crippen LogP contribution < -0.4 is 0 Å². The molecule has 2 fully saturated rings. The van der Waals surface area contributed by atoms with Crippen LogP contribution in [0.1, 0.15) is 54.8 Å². The first-order chi connectivity index (χ1) is 12.8. The maximum Gasteiger partial charge on any atom is 0.231 e. The molecule has 6 nitrogen and oxygen atoms in total. The van der Waals surface area contributed by atoms with Gasteiger partial charge in [0.1, 0.15) is 0 Å². The molecule has 1 aliphatic carbocycles. The molecule has 1 N–H and O–H groups in total. The van der Waals surface area contributed by atoms with Gasteiger partial charge in [-0.2, -0.15) is 4.98 Å². The van der Waals surface area contributed by atoms with Crippen molar-refractivity contribution in [3.63, 3.8) is 0 Å². The average Bonchev–Trinajstić information content (AvgIpc) is 3.10. The van der Waals surface area contributed by atoms with Crippen LogP contribution in [0.15, 0.2) is 35.0 Å². The number of aryl methyl sites for hydroxylation is 1. The van der Waals surface area contributed by atoms with E-state index < -0.39 is 0 Å². The first-order valence-electron chi connectivity index (χ1n) is 9.44. The molecule has 0 bridgehead atoms. The average molecular weight is 350 g/mol. The van der Waals surface area contributed by atoms with E-state index in [2.05, 4.69) is 27.3 Å². The van der Waals surface area contributed by atoms with Gasteiger partial charge in [-0.25, -0.2) is 0 Å². The van der Waals surface area contributed by atoms with E-state index in [0.29, 0.717) is 24.8 Å². The Balaban J connectivity index is 1.19. The van der Waals surface area contributed by atoms with E-state index in [4.69, 9.17) is 4.52 Å². The largest absolute Gasteiger partial charge is 0.361 e. The van der Waals surface area contributed by atoms with Gasteiger partial charge in [-0.15, -0.1) is 0 Å². The van der Waals surface area contributed by atoms with Crippen molar-refractivity contribution in [3.05, 3.63) is 47.7 Å². The third kappa shape index (κ3) is 2.89. The zero-order chi connectivity index (χ0) is 17.5. The van der Waals surface area contributed by atoms with Crippen LogP contribution in [0.4, 0.5) is 0 Å². The van der Waals surface area contributed by atoms with E-state index >= 15 is 0 Å². The van der Waals surface area contributed by atoms with Gasteiger partial charge in [0, 0.05) is 42.5 Å². The van der Waals surface area contributed by atoms with Crippen molar-refractivity contribution in [3.8, 4) is 0 Å². The molecule has 5 rings (SSSR count). The second kappa shape index (κ2) is 6.27. The van der Waals surface area contributed by atoms with Crippen molar-refractivity contribution < 1.29 is 9.32 Å². The lowest BCUT2D eigenvalue weighted by atomic mass is 10.1. The first kappa shape index (κ1) is 15.6. The second-order valence-electron chi connectivity index (χ2n) is 7.45. The molecule has 1 saturated carbocycles. The monoisotopic (exact) mass is 350 g/mol. The molecular formula is C20H22N4O2. The highest BCUT2D eigenvalue weighted by atomic mass is 16.5. The number of hydrogen-bond acceptors (Lipinski definition) is 4. The molecule has 3 heterocycles. The Kier molecular flexibility index (Phi) is 3.76. The molecule has 0 spiro atoms. The summed E-state index contributed by atoms with van der Waals surface area (Å²) in [6.45, 7) is 1.47. The molecule has 1 saturated heterocycles. The Morgan fingerprint density at radius 3 is 3.00 bits per heavy atom. The number of amides is 1. The Hall–Kier alpha value is -2.63. The Bertz CT molecular complexity index is 940. The minimum absolute atomic E-state index is 0.187. The number of aromatic nitrogens is 3. The normalized spacial score (nSPS) is 20.2. The highest BCUT2D eigenvalue weighted by Crippen LogP contribution is 2.39. The van der Waals surface area contributed by atoms with Gasteiger partial charge >= 0.3 is 0 Å². The minimum atomic E-state index is 0.187. The van der Waals surface area contributed by atoms with Crippen LogP contribution in [-0.2, 0) is 11.2 Å². The predicted octanol–water partition coefficient (Wildman–Crippen LogP) is 3.38. The van der Waals surface area contributed by atoms with Crippen LogP contribution in [0.2, 0.25) is 0 Å². The molecule has 6 heteroatoms.